The van der Waals surface area contributed by atoms with E-state index in [1.165, 1.54) is 0 Å². The van der Waals surface area contributed by atoms with E-state index in [1.54, 1.807) is 68.4 Å². The summed E-state index contributed by atoms with van der Waals surface area (Å²) in [5.74, 6) is -2.74. The SMILES string of the molecule is CCCN1CCC[C@@H]2Cc3c(ccc(O)c3O[C@@H]3O[C@H](C(=O)OC)[C@@H](OC(=O)C(C)(C)C)[C@H](OC(=O)C(C)(C)C)[C@H]3OC(=O)C(C)(C)C)C[C@H]21. The van der Waals surface area contributed by atoms with Crippen molar-refractivity contribution in [3.8, 4) is 11.5 Å². The number of benzene rings is 1. The number of phenolic OH excluding ortho intramolecular Hbond substituents is 1. The minimum atomic E-state index is -1.65. The van der Waals surface area contributed by atoms with E-state index < -0.39 is 70.8 Å². The number of aromatic hydroxyl groups is 1. The molecule has 2 saturated heterocycles. The number of fused-ring (bicyclic) bond motifs is 2. The van der Waals surface area contributed by atoms with Gasteiger partial charge in [0, 0.05) is 11.6 Å². The summed E-state index contributed by atoms with van der Waals surface area (Å²) in [6.45, 7) is 19.0. The van der Waals surface area contributed by atoms with Crippen molar-refractivity contribution >= 4 is 23.9 Å². The highest BCUT2D eigenvalue weighted by Crippen LogP contribution is 2.44. The van der Waals surface area contributed by atoms with Crippen LogP contribution in [0.25, 0.3) is 0 Å². The molecule has 0 aromatic heterocycles. The Morgan fingerprint density at radius 1 is 0.840 bits per heavy atom. The van der Waals surface area contributed by atoms with Crippen LogP contribution in [-0.4, -0.2) is 90.8 Å². The molecule has 0 spiro atoms. The Morgan fingerprint density at radius 2 is 1.40 bits per heavy atom. The molecular formula is C38H57NO11. The second kappa shape index (κ2) is 15.1. The fourth-order valence-electron chi connectivity index (χ4n) is 6.62. The largest absolute Gasteiger partial charge is 0.504 e. The number of phenols is 1. The molecule has 50 heavy (non-hydrogen) atoms. The number of carbonyl (C=O) groups excluding carboxylic acids is 4. The molecule has 1 N–H and O–H groups in total. The molecule has 0 bridgehead atoms. The van der Waals surface area contributed by atoms with E-state index in [-0.39, 0.29) is 11.5 Å². The van der Waals surface area contributed by atoms with Crippen LogP contribution >= 0.6 is 0 Å². The van der Waals surface area contributed by atoms with Crippen LogP contribution in [-0.2, 0) is 55.7 Å². The molecule has 2 aliphatic heterocycles. The van der Waals surface area contributed by atoms with Crippen molar-refractivity contribution in [3.63, 3.8) is 0 Å². The van der Waals surface area contributed by atoms with Gasteiger partial charge >= 0.3 is 23.9 Å². The minimum Gasteiger partial charge on any atom is -0.504 e. The van der Waals surface area contributed by atoms with Gasteiger partial charge in [0.25, 0.3) is 0 Å². The molecule has 1 aliphatic carbocycles. The maximum atomic E-state index is 13.5. The van der Waals surface area contributed by atoms with E-state index >= 15 is 0 Å². The Morgan fingerprint density at radius 3 is 1.94 bits per heavy atom. The van der Waals surface area contributed by atoms with Crippen LogP contribution in [0.5, 0.6) is 11.5 Å². The van der Waals surface area contributed by atoms with E-state index in [0.29, 0.717) is 18.4 Å². The Hall–Kier alpha value is -3.38. The van der Waals surface area contributed by atoms with Crippen LogP contribution in [0.1, 0.15) is 99.6 Å². The van der Waals surface area contributed by atoms with Crippen molar-refractivity contribution in [3.05, 3.63) is 23.3 Å². The van der Waals surface area contributed by atoms with Crippen LogP contribution in [0.3, 0.4) is 0 Å². The number of nitrogens with zero attached hydrogens (tertiary/aromatic N) is 1. The number of piperidine rings is 1. The van der Waals surface area contributed by atoms with E-state index in [1.807, 2.05) is 6.07 Å². The average molecular weight is 704 g/mol. The molecule has 12 nitrogen and oxygen atoms in total. The molecule has 280 valence electrons. The number of ether oxygens (including phenoxy) is 6. The van der Waals surface area contributed by atoms with Crippen molar-refractivity contribution in [2.75, 3.05) is 20.2 Å². The average Bonchev–Trinajstić information content (AvgIpc) is 3.02. The van der Waals surface area contributed by atoms with Crippen LogP contribution in [0.15, 0.2) is 12.1 Å². The lowest BCUT2D eigenvalue weighted by Gasteiger charge is -2.46. The second-order valence-electron chi connectivity index (χ2n) is 16.9. The van der Waals surface area contributed by atoms with Crippen LogP contribution < -0.4 is 4.74 Å². The zero-order valence-corrected chi connectivity index (χ0v) is 31.6. The first-order valence-electron chi connectivity index (χ1n) is 17.8. The monoisotopic (exact) mass is 703 g/mol. The molecule has 0 radical (unpaired) electrons. The number of likely N-dealkylation sites (tertiary alicyclic amines) is 1. The summed E-state index contributed by atoms with van der Waals surface area (Å²) in [6, 6.07) is 3.82. The number of esters is 4. The van der Waals surface area contributed by atoms with E-state index in [0.717, 1.165) is 57.0 Å². The molecule has 0 saturated carbocycles. The van der Waals surface area contributed by atoms with Crippen molar-refractivity contribution in [2.45, 2.75) is 138 Å². The number of rotatable bonds is 8. The van der Waals surface area contributed by atoms with Gasteiger partial charge in [0.2, 0.25) is 12.4 Å². The van der Waals surface area contributed by atoms with E-state index in [9.17, 15) is 24.3 Å². The standard InChI is InChI=1S/C38H57NO11/c1-12-17-39-18-13-14-22-19-23-21(20-24(22)39)15-16-25(40)26(23)46-32-30(50-35(44)38(8,9)10)28(49-34(43)37(5,6)7)27(29(47-32)31(41)45-11)48-33(42)36(2,3)4/h15-16,22,24,27-30,32,40H,12-14,17-20H2,1-11H3/t22-,24-,27+,28+,29+,30-,32-/m1/s1. The third-order valence-corrected chi connectivity index (χ3v) is 9.51. The lowest BCUT2D eigenvalue weighted by molar-refractivity contribution is -0.287. The number of carbonyl (C=O) groups is 4. The highest BCUT2D eigenvalue weighted by atomic mass is 16.7. The molecular weight excluding hydrogens is 646 g/mol. The summed E-state index contributed by atoms with van der Waals surface area (Å²) in [5.41, 5.74) is -1.27. The quantitative estimate of drug-likeness (QED) is 0.283. The summed E-state index contributed by atoms with van der Waals surface area (Å²) in [4.78, 5) is 56.3. The maximum Gasteiger partial charge on any atom is 0.339 e. The number of hydrogen-bond acceptors (Lipinski definition) is 12. The second-order valence-corrected chi connectivity index (χ2v) is 16.9. The Labute approximate surface area is 296 Å². The highest BCUT2D eigenvalue weighted by molar-refractivity contribution is 5.80. The molecule has 1 aromatic carbocycles. The van der Waals surface area contributed by atoms with Crippen LogP contribution in [0, 0.1) is 22.2 Å². The van der Waals surface area contributed by atoms with Gasteiger partial charge < -0.3 is 33.5 Å². The topological polar surface area (TPSA) is 147 Å². The Balaban J connectivity index is 1.84. The number of hydrogen-bond donors (Lipinski definition) is 1. The molecule has 2 heterocycles. The third kappa shape index (κ3) is 8.73. The number of methoxy groups -OCH3 is 1. The first-order chi connectivity index (χ1) is 23.2. The highest BCUT2D eigenvalue weighted by Gasteiger charge is 2.58. The molecule has 0 amide bonds. The predicted molar refractivity (Wildman–Crippen MR) is 183 cm³/mol. The van der Waals surface area contributed by atoms with Crippen LogP contribution in [0.2, 0.25) is 0 Å². The third-order valence-electron chi connectivity index (χ3n) is 9.51. The molecule has 2 fully saturated rings. The van der Waals surface area contributed by atoms with E-state index in [2.05, 4.69) is 11.8 Å². The zero-order chi connectivity index (χ0) is 37.3. The molecule has 3 aliphatic rings. The first-order valence-corrected chi connectivity index (χ1v) is 17.8. The van der Waals surface area contributed by atoms with Crippen LogP contribution in [0.4, 0.5) is 0 Å². The molecule has 0 unspecified atom stereocenters. The van der Waals surface area contributed by atoms with Gasteiger partial charge in [-0.2, -0.15) is 0 Å². The van der Waals surface area contributed by atoms with Gasteiger partial charge in [0.15, 0.2) is 29.8 Å². The minimum absolute atomic E-state index is 0.130. The normalized spacial score (nSPS) is 27.3. The van der Waals surface area contributed by atoms with Gasteiger partial charge in [0.1, 0.15) is 0 Å². The van der Waals surface area contributed by atoms with Gasteiger partial charge in [0.05, 0.1) is 23.4 Å². The molecule has 12 heteroatoms. The maximum absolute atomic E-state index is 13.5. The van der Waals surface area contributed by atoms with Gasteiger partial charge in [-0.1, -0.05) is 13.0 Å². The smallest absolute Gasteiger partial charge is 0.339 e. The Kier molecular flexibility index (Phi) is 11.9. The first kappa shape index (κ1) is 39.4. The fourth-order valence-corrected chi connectivity index (χ4v) is 6.62. The lowest BCUT2D eigenvalue weighted by Crippen LogP contribution is -2.65. The zero-order valence-electron chi connectivity index (χ0n) is 31.6. The fraction of sp³-hybridized carbons (Fsp3) is 0.737. The van der Waals surface area contributed by atoms with E-state index in [4.69, 9.17) is 28.4 Å². The van der Waals surface area contributed by atoms with Gasteiger partial charge in [-0.05, 0) is 125 Å². The molecule has 4 rings (SSSR count). The van der Waals surface area contributed by atoms with Crippen molar-refractivity contribution in [2.24, 2.45) is 22.2 Å². The van der Waals surface area contributed by atoms with Crippen molar-refractivity contribution in [1.29, 1.82) is 0 Å². The van der Waals surface area contributed by atoms with Crippen molar-refractivity contribution in [1.82, 2.24) is 4.90 Å². The summed E-state index contributed by atoms with van der Waals surface area (Å²) in [7, 11) is 1.15. The molecule has 7 atom stereocenters. The summed E-state index contributed by atoms with van der Waals surface area (Å²) >= 11 is 0. The lowest BCUT2D eigenvalue weighted by atomic mass is 9.75. The summed E-state index contributed by atoms with van der Waals surface area (Å²) in [6.07, 6.45) is -3.35. The summed E-state index contributed by atoms with van der Waals surface area (Å²) < 4.78 is 35.7. The summed E-state index contributed by atoms with van der Waals surface area (Å²) in [5, 5.41) is 11.3. The molecule has 1 aromatic rings. The Bertz CT molecular complexity index is 1420. The predicted octanol–water partition coefficient (Wildman–Crippen LogP) is 5.13. The van der Waals surface area contributed by atoms with Gasteiger partial charge in [-0.25, -0.2) is 4.79 Å². The van der Waals surface area contributed by atoms with Crippen molar-refractivity contribution < 1.29 is 52.7 Å². The van der Waals surface area contributed by atoms with Gasteiger partial charge in [-0.15, -0.1) is 0 Å². The van der Waals surface area contributed by atoms with Gasteiger partial charge in [-0.3, -0.25) is 19.3 Å².